The normalized spacial score (nSPS) is 12.0. The molecule has 0 saturated heterocycles. The van der Waals surface area contributed by atoms with Crippen molar-refractivity contribution in [1.82, 2.24) is 9.78 Å². The average molecular weight is 586 g/mol. The van der Waals surface area contributed by atoms with Crippen LogP contribution >= 0.6 is 0 Å². The number of hydrogen-bond donors (Lipinski definition) is 1. The van der Waals surface area contributed by atoms with Crippen LogP contribution in [0.1, 0.15) is 32.7 Å². The minimum Gasteiger partial charge on any atom is -0.493 e. The molecule has 0 amide bonds. The minimum absolute atomic E-state index is 0. The molecule has 3 aromatic rings. The molecule has 1 heterocycles. The minimum atomic E-state index is -5.88. The molecule has 17 heteroatoms. The molecule has 3 rings (SSSR count). The molecule has 0 bridgehead atoms. The fourth-order valence-corrected chi connectivity index (χ4v) is 3.11. The van der Waals surface area contributed by atoms with Crippen molar-refractivity contribution in [2.75, 3.05) is 0 Å². The number of aromatic nitrogens is 2. The van der Waals surface area contributed by atoms with E-state index in [1.165, 1.54) is 0 Å². The Hall–Kier alpha value is -3.20. The van der Waals surface area contributed by atoms with E-state index in [4.69, 9.17) is 0 Å². The second-order valence-corrected chi connectivity index (χ2v) is 6.81. The number of rotatable bonds is 3. The molecule has 0 atom stereocenters. The maximum Gasteiger partial charge on any atom is 0.422 e. The fraction of sp³-hybridized carbons (Fsp3) is 0.158. The van der Waals surface area contributed by atoms with E-state index >= 15 is 0 Å². The number of nitrogens with zero attached hydrogens (tertiary/aromatic N) is 2. The third-order valence-corrected chi connectivity index (χ3v) is 4.59. The predicted octanol–water partition coefficient (Wildman–Crippen LogP) is 5.99. The van der Waals surface area contributed by atoms with Crippen molar-refractivity contribution < 1.29 is 79.7 Å². The average Bonchev–Trinajstić information content (AvgIpc) is 2.97. The van der Waals surface area contributed by atoms with Crippen molar-refractivity contribution in [2.24, 2.45) is 0 Å². The number of benzene rings is 2. The van der Waals surface area contributed by atoms with E-state index in [9.17, 15) is 62.6 Å². The molecule has 0 fully saturated rings. The molecule has 1 aromatic heterocycles. The van der Waals surface area contributed by atoms with Crippen molar-refractivity contribution >= 4 is 5.78 Å². The first-order valence-electron chi connectivity index (χ1n) is 8.72. The first-order chi connectivity index (χ1) is 15.9. The molecule has 0 aliphatic rings. The summed E-state index contributed by atoms with van der Waals surface area (Å²) in [5.74, 6) is -19.0. The molecule has 2 aromatic carbocycles. The van der Waals surface area contributed by atoms with Gasteiger partial charge in [0.2, 0.25) is 11.7 Å². The number of halogens is 12. The SMILES string of the molecule is Cc1nn(-c2c(F)c(F)c(C(F)(F)F)c(F)c2F)c(O)c1C(=O)c1cc(F)c(C(F)(F)F)c(F)c1.[Cu]. The second-order valence-electron chi connectivity index (χ2n) is 6.81. The van der Waals surface area contributed by atoms with Gasteiger partial charge in [-0.1, -0.05) is 0 Å². The van der Waals surface area contributed by atoms with Crippen LogP contribution in [-0.2, 0) is 29.4 Å². The van der Waals surface area contributed by atoms with Gasteiger partial charge in [0.1, 0.15) is 34.0 Å². The number of aromatic hydroxyl groups is 1. The molecule has 0 aliphatic heterocycles. The smallest absolute Gasteiger partial charge is 0.422 e. The number of ketones is 1. The van der Waals surface area contributed by atoms with Crippen molar-refractivity contribution in [3.05, 3.63) is 75.0 Å². The molecule has 36 heavy (non-hydrogen) atoms. The van der Waals surface area contributed by atoms with E-state index in [1.54, 1.807) is 0 Å². The molecule has 4 nitrogen and oxygen atoms in total. The molecule has 0 spiro atoms. The van der Waals surface area contributed by atoms with Crippen LogP contribution in [-0.4, -0.2) is 20.7 Å². The van der Waals surface area contributed by atoms with Gasteiger partial charge in [0.15, 0.2) is 23.3 Å². The maximum atomic E-state index is 14.3. The Morgan fingerprint density at radius 2 is 1.22 bits per heavy atom. The second kappa shape index (κ2) is 9.35. The monoisotopic (exact) mass is 585 g/mol. The van der Waals surface area contributed by atoms with E-state index in [0.717, 1.165) is 6.92 Å². The first kappa shape index (κ1) is 29.0. The first-order valence-corrected chi connectivity index (χ1v) is 8.72. The summed E-state index contributed by atoms with van der Waals surface area (Å²) in [6.45, 7) is 0.812. The molecular weight excluding hydrogens is 580 g/mol. The van der Waals surface area contributed by atoms with Crippen LogP contribution in [0.3, 0.4) is 0 Å². The summed E-state index contributed by atoms with van der Waals surface area (Å²) in [4.78, 5) is 12.6. The molecule has 1 radical (unpaired) electrons. The molecule has 199 valence electrons. The van der Waals surface area contributed by atoms with Crippen molar-refractivity contribution in [3.63, 3.8) is 0 Å². The Morgan fingerprint density at radius 3 is 1.61 bits per heavy atom. The van der Waals surface area contributed by atoms with E-state index in [1.807, 2.05) is 0 Å². The van der Waals surface area contributed by atoms with Crippen LogP contribution in [0.2, 0.25) is 0 Å². The van der Waals surface area contributed by atoms with Crippen LogP contribution in [0.5, 0.6) is 5.88 Å². The van der Waals surface area contributed by atoms with Gasteiger partial charge in [0.05, 0.1) is 5.69 Å². The topological polar surface area (TPSA) is 55.1 Å². The number of carbonyl (C=O) groups excluding carboxylic acids is 1. The van der Waals surface area contributed by atoms with Gasteiger partial charge in [-0.05, 0) is 19.1 Å². The van der Waals surface area contributed by atoms with Gasteiger partial charge in [-0.15, -0.1) is 0 Å². The number of hydrogen-bond acceptors (Lipinski definition) is 3. The quantitative estimate of drug-likeness (QED) is 0.178. The van der Waals surface area contributed by atoms with Gasteiger partial charge in [-0.3, -0.25) is 4.79 Å². The number of carbonyl (C=O) groups is 1. The zero-order valence-electron chi connectivity index (χ0n) is 16.7. The zero-order valence-corrected chi connectivity index (χ0v) is 17.7. The molecule has 0 saturated carbocycles. The summed E-state index contributed by atoms with van der Waals surface area (Å²) >= 11 is 0. The van der Waals surface area contributed by atoms with Crippen LogP contribution in [0.15, 0.2) is 12.1 Å². The number of alkyl halides is 6. The van der Waals surface area contributed by atoms with E-state index < -0.39 is 97.2 Å². The molecule has 0 unspecified atom stereocenters. The molecule has 1 N–H and O–H groups in total. The number of aryl methyl sites for hydroxylation is 1. The summed E-state index contributed by atoms with van der Waals surface area (Å²) in [5, 5.41) is 13.4. The van der Waals surface area contributed by atoms with Crippen molar-refractivity contribution in [2.45, 2.75) is 19.3 Å². The Labute approximate surface area is 201 Å². The third-order valence-electron chi connectivity index (χ3n) is 4.59. The Bertz CT molecular complexity index is 1330. The van der Waals surface area contributed by atoms with E-state index in [2.05, 4.69) is 5.10 Å². The van der Waals surface area contributed by atoms with E-state index in [0.29, 0.717) is 0 Å². The zero-order chi connectivity index (χ0) is 26.8. The van der Waals surface area contributed by atoms with Gasteiger partial charge in [-0.2, -0.15) is 36.1 Å². The van der Waals surface area contributed by atoms with Crippen LogP contribution in [0.25, 0.3) is 5.69 Å². The van der Waals surface area contributed by atoms with Crippen LogP contribution in [0.4, 0.5) is 52.7 Å². The Kier molecular flexibility index (Phi) is 7.54. The van der Waals surface area contributed by atoms with Crippen molar-refractivity contribution in [1.29, 1.82) is 0 Å². The van der Waals surface area contributed by atoms with Crippen LogP contribution < -0.4 is 0 Å². The maximum absolute atomic E-state index is 14.3. The van der Waals surface area contributed by atoms with Gasteiger partial charge >= 0.3 is 12.4 Å². The summed E-state index contributed by atoms with van der Waals surface area (Å²) in [5.41, 5.74) is -10.4. The fourth-order valence-electron chi connectivity index (χ4n) is 3.11. The molecular formula is C19H6CuF12N2O2. The summed E-state index contributed by atoms with van der Waals surface area (Å²) in [6, 6.07) is -0.161. The summed E-state index contributed by atoms with van der Waals surface area (Å²) < 4.78 is 160. The Morgan fingerprint density at radius 1 is 0.806 bits per heavy atom. The van der Waals surface area contributed by atoms with E-state index in [-0.39, 0.29) is 29.2 Å². The predicted molar refractivity (Wildman–Crippen MR) is 89.6 cm³/mol. The van der Waals surface area contributed by atoms with Gasteiger partial charge in [-0.25, -0.2) is 26.3 Å². The van der Waals surface area contributed by atoms with Crippen molar-refractivity contribution in [3.8, 4) is 11.6 Å². The van der Waals surface area contributed by atoms with Gasteiger partial charge in [0.25, 0.3) is 0 Å². The summed E-state index contributed by atoms with van der Waals surface area (Å²) in [6.07, 6.45) is -11.4. The Balaban J connectivity index is 0.00000456. The molecule has 0 aliphatic carbocycles. The van der Waals surface area contributed by atoms with Gasteiger partial charge in [0, 0.05) is 22.6 Å². The standard InChI is InChI=1S/C19H6F12N2O2.Cu/c1-4-8(16(34)5-2-6(20)9(7(21)3-5)18(26,27)28)17(35)33(32-4)15-13(24)11(22)10(19(29,30)31)12(23)14(15)25;/h2-3,35H,1H3;. The van der Waals surface area contributed by atoms with Gasteiger partial charge < -0.3 is 5.11 Å². The largest absolute Gasteiger partial charge is 0.493 e. The van der Waals surface area contributed by atoms with Crippen LogP contribution in [0, 0.1) is 41.8 Å². The third kappa shape index (κ3) is 4.64. The summed E-state index contributed by atoms with van der Waals surface area (Å²) in [7, 11) is 0.